The molecule has 1 N–H and O–H groups in total. The van der Waals surface area contributed by atoms with Gasteiger partial charge >= 0.3 is 12.4 Å². The molecule has 2 aromatic rings. The van der Waals surface area contributed by atoms with E-state index >= 15 is 0 Å². The van der Waals surface area contributed by atoms with E-state index in [4.69, 9.17) is 16.3 Å². The second-order valence-corrected chi connectivity index (χ2v) is 13.5. The van der Waals surface area contributed by atoms with Crippen molar-refractivity contribution in [3.8, 4) is 0 Å². The summed E-state index contributed by atoms with van der Waals surface area (Å²) in [6.45, 7) is 26.3. The number of nitrogens with one attached hydrogen (secondary N) is 1. The summed E-state index contributed by atoms with van der Waals surface area (Å²) < 4.78 is 79.2. The Morgan fingerprint density at radius 2 is 1.50 bits per heavy atom. The zero-order valence-corrected chi connectivity index (χ0v) is 35.4. The summed E-state index contributed by atoms with van der Waals surface area (Å²) in [5.41, 5.74) is 3.76. The molecule has 2 rings (SSSR count). The molecule has 0 saturated heterocycles. The minimum Gasteiger partial charge on any atom is -0.381 e. The molecule has 0 bridgehead atoms. The van der Waals surface area contributed by atoms with Crippen LogP contribution in [-0.2, 0) is 11.2 Å². The second-order valence-electron chi connectivity index (χ2n) is 13.0. The molecule has 0 aliphatic rings. The minimum atomic E-state index is -4.92. The molecular weight excluding hydrogens is 722 g/mol. The number of H-pyrrole nitrogens is 1. The Morgan fingerprint density at radius 3 is 1.94 bits per heavy atom. The number of unbranched alkanes of at least 4 members (excludes halogenated alkanes) is 2. The van der Waals surface area contributed by atoms with Crippen LogP contribution >= 0.6 is 11.6 Å². The van der Waals surface area contributed by atoms with Crippen LogP contribution in [0.2, 0.25) is 5.02 Å². The fourth-order valence-corrected chi connectivity index (χ4v) is 4.85. The Morgan fingerprint density at radius 1 is 0.907 bits per heavy atom. The van der Waals surface area contributed by atoms with E-state index in [0.717, 1.165) is 50.3 Å². The number of alkyl halides is 6. The normalized spacial score (nSPS) is 13.5. The lowest BCUT2D eigenvalue weighted by Crippen LogP contribution is -2.23. The molecule has 0 aliphatic heterocycles. The SMILES string of the molecule is C/C=C\C(=C/CCC)C(C)c1[nH]c2ccc(Cl)cc2c1CCCC.C=C(C)CC.CC/C=C(C)/N=C(/C=C(\C)C(F)(F)F)C(F)(F)F.CCCOCCC. The zero-order valence-electron chi connectivity index (χ0n) is 34.7. The number of nitrogens with zero attached hydrogens (tertiary/aromatic N) is 1. The fourth-order valence-electron chi connectivity index (χ4n) is 4.68. The standard InChI is InChI=1S/C22H30ClN.C11H13F6N.C6H14O.C5H10/c1-5-8-11-17(10-7-3)16(4)22-19(12-9-6-2)20-15-18(23)13-14-21(20)24-22;1-4-5-8(3)18-9(11(15,16)17)6-7(2)10(12,13)14;1-3-5-7-6-4-2;1-4-5(2)3/h7,10-11,13-16,24H,5-6,8-9,12H2,1-4H3;5-6H,4H2,1-3H3;3-6H2,1-2H3;2,4H2,1,3H3/b10-7-,17-11+;7-6+,8-5+,18-9-;;. The highest BCUT2D eigenvalue weighted by Gasteiger charge is 2.38. The van der Waals surface area contributed by atoms with Gasteiger partial charge in [0.05, 0.1) is 0 Å². The van der Waals surface area contributed by atoms with Gasteiger partial charge in [0.15, 0.2) is 0 Å². The average Bonchev–Trinajstić information content (AvgIpc) is 3.46. The van der Waals surface area contributed by atoms with E-state index in [0.29, 0.717) is 19.3 Å². The first-order chi connectivity index (χ1) is 25.3. The van der Waals surface area contributed by atoms with Crippen molar-refractivity contribution >= 4 is 28.2 Å². The molecule has 0 fully saturated rings. The number of ether oxygens (including phenoxy) is 1. The molecule has 1 atom stereocenters. The number of aliphatic imine (C=N–C) groups is 1. The van der Waals surface area contributed by atoms with Crippen molar-refractivity contribution in [2.45, 2.75) is 152 Å². The monoisotopic (exact) mass is 788 g/mol. The van der Waals surface area contributed by atoms with Gasteiger partial charge in [0, 0.05) is 52.0 Å². The molecule has 0 spiro atoms. The number of aromatic nitrogens is 1. The largest absolute Gasteiger partial charge is 0.433 e. The first kappa shape index (κ1) is 53.1. The number of benzene rings is 1. The van der Waals surface area contributed by atoms with Gasteiger partial charge in [0.1, 0.15) is 5.71 Å². The molecule has 1 unspecified atom stereocenters. The first-order valence-electron chi connectivity index (χ1n) is 19.2. The summed E-state index contributed by atoms with van der Waals surface area (Å²) in [5, 5.41) is 2.10. The maximum atomic E-state index is 12.5. The molecule has 1 heterocycles. The van der Waals surface area contributed by atoms with Crippen LogP contribution in [0.25, 0.3) is 10.9 Å². The van der Waals surface area contributed by atoms with Crippen molar-refractivity contribution in [2.24, 2.45) is 4.99 Å². The van der Waals surface area contributed by atoms with Gasteiger partial charge in [-0.1, -0.05) is 103 Å². The molecule has 0 amide bonds. The molecule has 1 aromatic carbocycles. The third-order valence-corrected chi connectivity index (χ3v) is 8.07. The number of hydrogen-bond donors (Lipinski definition) is 1. The van der Waals surface area contributed by atoms with Crippen LogP contribution in [0.3, 0.4) is 0 Å². The van der Waals surface area contributed by atoms with Crippen molar-refractivity contribution in [1.29, 1.82) is 0 Å². The van der Waals surface area contributed by atoms with Crippen LogP contribution in [-0.4, -0.2) is 36.3 Å². The van der Waals surface area contributed by atoms with E-state index in [-0.39, 0.29) is 11.8 Å². The first-order valence-corrected chi connectivity index (χ1v) is 19.6. The Labute approximate surface area is 327 Å². The maximum Gasteiger partial charge on any atom is 0.433 e. The summed E-state index contributed by atoms with van der Waals surface area (Å²) in [5.74, 6) is 0.366. The van der Waals surface area contributed by atoms with Gasteiger partial charge in [0.25, 0.3) is 0 Å². The van der Waals surface area contributed by atoms with Crippen LogP contribution in [0.4, 0.5) is 26.3 Å². The molecule has 308 valence electrons. The zero-order chi connectivity index (χ0) is 41.9. The quantitative estimate of drug-likeness (QED) is 0.0594. The van der Waals surface area contributed by atoms with Crippen LogP contribution in [0.15, 0.2) is 82.6 Å². The lowest BCUT2D eigenvalue weighted by atomic mass is 9.91. The molecular formula is C44H67ClF6N2O. The summed E-state index contributed by atoms with van der Waals surface area (Å²) in [7, 11) is 0. The Hall–Kier alpha value is -3.04. The van der Waals surface area contributed by atoms with Crippen molar-refractivity contribution in [3.05, 3.63) is 93.9 Å². The fraction of sp³-hybridized carbons (Fsp3) is 0.568. The Balaban J connectivity index is 0. The molecule has 0 saturated carbocycles. The Kier molecular flexibility index (Phi) is 28.8. The number of fused-ring (bicyclic) bond motifs is 1. The van der Waals surface area contributed by atoms with Crippen LogP contribution < -0.4 is 0 Å². The van der Waals surface area contributed by atoms with E-state index in [2.05, 4.69) is 95.4 Å². The lowest BCUT2D eigenvalue weighted by Gasteiger charge is -2.15. The van der Waals surface area contributed by atoms with Crippen LogP contribution in [0.5, 0.6) is 0 Å². The average molecular weight is 789 g/mol. The molecule has 3 nitrogen and oxygen atoms in total. The molecule has 1 aromatic heterocycles. The number of allylic oxidation sites excluding steroid dienone is 9. The minimum absolute atomic E-state index is 0.00694. The predicted octanol–water partition coefficient (Wildman–Crippen LogP) is 16.2. The summed E-state index contributed by atoms with van der Waals surface area (Å²) in [4.78, 5) is 6.85. The number of halogens is 7. The third-order valence-electron chi connectivity index (χ3n) is 7.83. The number of rotatable bonds is 16. The van der Waals surface area contributed by atoms with Gasteiger partial charge in [0.2, 0.25) is 0 Å². The van der Waals surface area contributed by atoms with Gasteiger partial charge in [-0.15, -0.1) is 6.58 Å². The predicted molar refractivity (Wildman–Crippen MR) is 222 cm³/mol. The summed E-state index contributed by atoms with van der Waals surface area (Å²) >= 11 is 6.26. The highest BCUT2D eigenvalue weighted by atomic mass is 35.5. The van der Waals surface area contributed by atoms with E-state index < -0.39 is 23.6 Å². The van der Waals surface area contributed by atoms with E-state index in [9.17, 15) is 26.3 Å². The van der Waals surface area contributed by atoms with Crippen molar-refractivity contribution in [2.75, 3.05) is 13.2 Å². The van der Waals surface area contributed by atoms with E-state index in [1.807, 2.05) is 13.0 Å². The molecule has 54 heavy (non-hydrogen) atoms. The number of aromatic amines is 1. The van der Waals surface area contributed by atoms with E-state index in [1.165, 1.54) is 65.6 Å². The second kappa shape index (κ2) is 29.3. The van der Waals surface area contributed by atoms with Gasteiger partial charge in [-0.3, -0.25) is 0 Å². The smallest absolute Gasteiger partial charge is 0.381 e. The third kappa shape index (κ3) is 23.0. The topological polar surface area (TPSA) is 37.4 Å². The van der Waals surface area contributed by atoms with Gasteiger partial charge in [-0.2, -0.15) is 26.3 Å². The molecule has 0 aliphatic carbocycles. The van der Waals surface area contributed by atoms with Gasteiger partial charge < -0.3 is 9.72 Å². The number of hydrogen-bond acceptors (Lipinski definition) is 2. The highest BCUT2D eigenvalue weighted by molar-refractivity contribution is 6.31. The summed E-state index contributed by atoms with van der Waals surface area (Å²) in [6.07, 6.45) is 8.11. The van der Waals surface area contributed by atoms with Crippen molar-refractivity contribution < 1.29 is 31.1 Å². The number of aryl methyl sites for hydroxylation is 1. The molecule has 10 heteroatoms. The van der Waals surface area contributed by atoms with Crippen LogP contribution in [0, 0.1) is 0 Å². The van der Waals surface area contributed by atoms with Gasteiger partial charge in [-0.05, 0) is 108 Å². The van der Waals surface area contributed by atoms with Crippen molar-refractivity contribution in [3.63, 3.8) is 0 Å². The highest BCUT2D eigenvalue weighted by Crippen LogP contribution is 2.35. The summed E-state index contributed by atoms with van der Waals surface area (Å²) in [6, 6.07) is 6.19. The van der Waals surface area contributed by atoms with Crippen molar-refractivity contribution in [1.82, 2.24) is 4.98 Å². The van der Waals surface area contributed by atoms with Gasteiger partial charge in [-0.25, -0.2) is 4.99 Å². The van der Waals surface area contributed by atoms with Crippen LogP contribution in [0.1, 0.15) is 145 Å². The van der Waals surface area contributed by atoms with E-state index in [1.54, 1.807) is 6.92 Å². The Bertz CT molecular complexity index is 1490. The maximum absolute atomic E-state index is 12.5. The lowest BCUT2D eigenvalue weighted by molar-refractivity contribution is -0.0915. The molecule has 0 radical (unpaired) electrons.